The zero-order valence-electron chi connectivity index (χ0n) is 14.2. The highest BCUT2D eigenvalue weighted by Gasteiger charge is 2.32. The molecule has 0 aliphatic rings. The Kier molecular flexibility index (Phi) is 6.99. The van der Waals surface area contributed by atoms with Crippen LogP contribution in [-0.2, 0) is 27.3 Å². The first kappa shape index (κ1) is 19.7. The fourth-order valence-electron chi connectivity index (χ4n) is 2.20. The zero-order chi connectivity index (χ0) is 19.0. The third-order valence-corrected chi connectivity index (χ3v) is 3.35. The van der Waals surface area contributed by atoms with Crippen molar-refractivity contribution in [3.63, 3.8) is 0 Å². The SMILES string of the molecule is COC=C(COOC)c1ccccc1COc1cccc(C(F)(F)F)n1. The first-order valence-corrected chi connectivity index (χ1v) is 7.58. The van der Waals surface area contributed by atoms with E-state index in [1.165, 1.54) is 32.6 Å². The van der Waals surface area contributed by atoms with E-state index in [0.29, 0.717) is 5.57 Å². The van der Waals surface area contributed by atoms with Crippen molar-refractivity contribution in [1.29, 1.82) is 0 Å². The second-order valence-corrected chi connectivity index (χ2v) is 5.11. The summed E-state index contributed by atoms with van der Waals surface area (Å²) in [6, 6.07) is 10.7. The molecule has 0 unspecified atom stereocenters. The molecule has 0 saturated carbocycles. The lowest BCUT2D eigenvalue weighted by Gasteiger charge is -2.14. The molecule has 2 rings (SSSR count). The lowest BCUT2D eigenvalue weighted by molar-refractivity contribution is -0.261. The first-order valence-electron chi connectivity index (χ1n) is 7.58. The van der Waals surface area contributed by atoms with Gasteiger partial charge in [0.05, 0.1) is 20.5 Å². The van der Waals surface area contributed by atoms with Crippen LogP contribution in [0.1, 0.15) is 16.8 Å². The van der Waals surface area contributed by atoms with Crippen molar-refractivity contribution in [2.24, 2.45) is 0 Å². The van der Waals surface area contributed by atoms with Crippen molar-refractivity contribution in [3.8, 4) is 5.88 Å². The van der Waals surface area contributed by atoms with Gasteiger partial charge in [0.15, 0.2) is 0 Å². The van der Waals surface area contributed by atoms with Crippen LogP contribution < -0.4 is 4.74 Å². The van der Waals surface area contributed by atoms with Crippen molar-refractivity contribution in [3.05, 3.63) is 65.5 Å². The molecule has 26 heavy (non-hydrogen) atoms. The Morgan fingerprint density at radius 3 is 2.54 bits per heavy atom. The van der Waals surface area contributed by atoms with Gasteiger partial charge >= 0.3 is 6.18 Å². The highest BCUT2D eigenvalue weighted by atomic mass is 19.4. The van der Waals surface area contributed by atoms with Gasteiger partial charge in [-0.25, -0.2) is 14.8 Å². The predicted molar refractivity (Wildman–Crippen MR) is 88.0 cm³/mol. The van der Waals surface area contributed by atoms with Crippen molar-refractivity contribution in [2.45, 2.75) is 12.8 Å². The van der Waals surface area contributed by atoms with Gasteiger partial charge in [0.25, 0.3) is 0 Å². The maximum absolute atomic E-state index is 12.7. The molecule has 0 bridgehead atoms. The third kappa shape index (κ3) is 5.47. The van der Waals surface area contributed by atoms with E-state index in [1.54, 1.807) is 12.1 Å². The molecule has 0 saturated heterocycles. The van der Waals surface area contributed by atoms with Crippen molar-refractivity contribution in [1.82, 2.24) is 4.98 Å². The summed E-state index contributed by atoms with van der Waals surface area (Å²) in [5, 5.41) is 0. The molecule has 8 heteroatoms. The number of rotatable bonds is 8. The van der Waals surface area contributed by atoms with E-state index < -0.39 is 11.9 Å². The van der Waals surface area contributed by atoms with Gasteiger partial charge in [-0.1, -0.05) is 30.3 Å². The molecule has 2 aromatic rings. The predicted octanol–water partition coefficient (Wildman–Crippen LogP) is 4.24. The molecular formula is C18H18F3NO4. The summed E-state index contributed by atoms with van der Waals surface area (Å²) in [4.78, 5) is 13.0. The second-order valence-electron chi connectivity index (χ2n) is 5.11. The van der Waals surface area contributed by atoms with E-state index in [2.05, 4.69) is 9.87 Å². The Labute approximate surface area is 148 Å². The van der Waals surface area contributed by atoms with Crippen LogP contribution in [0.5, 0.6) is 5.88 Å². The highest BCUT2D eigenvalue weighted by molar-refractivity contribution is 5.68. The average molecular weight is 369 g/mol. The number of hydrogen-bond donors (Lipinski definition) is 0. The average Bonchev–Trinajstić information content (AvgIpc) is 2.63. The molecule has 0 amide bonds. The Balaban J connectivity index is 2.19. The lowest BCUT2D eigenvalue weighted by atomic mass is 10.0. The molecule has 0 atom stereocenters. The molecule has 0 spiro atoms. The van der Waals surface area contributed by atoms with Crippen LogP contribution in [0, 0.1) is 0 Å². The van der Waals surface area contributed by atoms with Gasteiger partial charge in [0.1, 0.15) is 18.9 Å². The highest BCUT2D eigenvalue weighted by Crippen LogP contribution is 2.29. The minimum atomic E-state index is -4.52. The van der Waals surface area contributed by atoms with Gasteiger partial charge in [-0.05, 0) is 17.2 Å². The lowest BCUT2D eigenvalue weighted by Crippen LogP contribution is -2.09. The summed E-state index contributed by atoms with van der Waals surface area (Å²) in [5.41, 5.74) is 1.18. The minimum Gasteiger partial charge on any atom is -0.504 e. The number of halogens is 3. The largest absolute Gasteiger partial charge is 0.504 e. The Hall–Kier alpha value is -2.58. The van der Waals surface area contributed by atoms with Crippen LogP contribution in [0.4, 0.5) is 13.2 Å². The number of benzene rings is 1. The van der Waals surface area contributed by atoms with E-state index in [9.17, 15) is 13.2 Å². The first-order chi connectivity index (χ1) is 12.5. The van der Waals surface area contributed by atoms with Crippen molar-refractivity contribution in [2.75, 3.05) is 20.8 Å². The molecule has 0 aliphatic carbocycles. The molecule has 0 fully saturated rings. The number of ether oxygens (including phenoxy) is 2. The smallest absolute Gasteiger partial charge is 0.433 e. The van der Waals surface area contributed by atoms with E-state index in [1.807, 2.05) is 12.1 Å². The Morgan fingerprint density at radius 1 is 1.08 bits per heavy atom. The second kappa shape index (κ2) is 9.21. The van der Waals surface area contributed by atoms with Gasteiger partial charge in [0.2, 0.25) is 5.88 Å². The molecule has 1 aromatic carbocycles. The number of methoxy groups -OCH3 is 1. The molecule has 0 radical (unpaired) electrons. The summed E-state index contributed by atoms with van der Waals surface area (Å²) in [5.74, 6) is -0.111. The number of alkyl halides is 3. The molecule has 1 aromatic heterocycles. The van der Waals surface area contributed by atoms with Crippen molar-refractivity contribution >= 4 is 5.57 Å². The van der Waals surface area contributed by atoms with Gasteiger partial charge in [-0.3, -0.25) is 0 Å². The summed E-state index contributed by atoms with van der Waals surface area (Å²) < 4.78 is 48.7. The fraction of sp³-hybridized carbons (Fsp3) is 0.278. The zero-order valence-corrected chi connectivity index (χ0v) is 14.2. The van der Waals surface area contributed by atoms with Gasteiger partial charge in [-0.15, -0.1) is 0 Å². The van der Waals surface area contributed by atoms with E-state index >= 15 is 0 Å². The summed E-state index contributed by atoms with van der Waals surface area (Å²) in [7, 11) is 2.89. The van der Waals surface area contributed by atoms with Crippen molar-refractivity contribution < 1.29 is 32.4 Å². The van der Waals surface area contributed by atoms with Crippen LogP contribution in [0.2, 0.25) is 0 Å². The van der Waals surface area contributed by atoms with Gasteiger partial charge < -0.3 is 9.47 Å². The van der Waals surface area contributed by atoms with Crippen LogP contribution in [0.3, 0.4) is 0 Å². The quantitative estimate of drug-likeness (QED) is 0.396. The van der Waals surface area contributed by atoms with E-state index in [0.717, 1.165) is 17.2 Å². The Bertz CT molecular complexity index is 747. The molecule has 0 aliphatic heterocycles. The fourth-order valence-corrected chi connectivity index (χ4v) is 2.20. The molecule has 0 N–H and O–H groups in total. The van der Waals surface area contributed by atoms with Crippen LogP contribution in [0.15, 0.2) is 48.7 Å². The van der Waals surface area contributed by atoms with Gasteiger partial charge in [0, 0.05) is 11.6 Å². The minimum absolute atomic E-state index is 0.0263. The van der Waals surface area contributed by atoms with E-state index in [4.69, 9.17) is 14.4 Å². The molecular weight excluding hydrogens is 351 g/mol. The van der Waals surface area contributed by atoms with Crippen LogP contribution >= 0.6 is 0 Å². The topological polar surface area (TPSA) is 49.8 Å². The third-order valence-electron chi connectivity index (χ3n) is 3.35. The van der Waals surface area contributed by atoms with E-state index in [-0.39, 0.29) is 19.1 Å². The maximum atomic E-state index is 12.7. The maximum Gasteiger partial charge on any atom is 0.433 e. The van der Waals surface area contributed by atoms with Crippen LogP contribution in [-0.4, -0.2) is 25.8 Å². The standard InChI is InChI=1S/C18H18F3NO4/c1-23-10-14(12-26-24-2)15-7-4-3-6-13(15)11-25-17-9-5-8-16(22-17)18(19,20)21/h3-10H,11-12H2,1-2H3. The van der Waals surface area contributed by atoms with Crippen LogP contribution in [0.25, 0.3) is 5.57 Å². The summed E-state index contributed by atoms with van der Waals surface area (Å²) >= 11 is 0. The number of pyridine rings is 1. The summed E-state index contributed by atoms with van der Waals surface area (Å²) in [6.45, 7) is 0.154. The molecule has 1 heterocycles. The number of nitrogens with zero attached hydrogens (tertiary/aromatic N) is 1. The monoisotopic (exact) mass is 369 g/mol. The normalized spacial score (nSPS) is 12.1. The molecule has 140 valence electrons. The molecule has 5 nitrogen and oxygen atoms in total. The number of hydrogen-bond acceptors (Lipinski definition) is 5. The number of aromatic nitrogens is 1. The summed E-state index contributed by atoms with van der Waals surface area (Å²) in [6.07, 6.45) is -3.02. The Morgan fingerprint density at radius 2 is 1.85 bits per heavy atom. The van der Waals surface area contributed by atoms with Gasteiger partial charge in [-0.2, -0.15) is 13.2 Å².